The summed E-state index contributed by atoms with van der Waals surface area (Å²) >= 11 is 0. The number of hydrogen-bond acceptors (Lipinski definition) is 3. The predicted molar refractivity (Wildman–Crippen MR) is 130 cm³/mol. The Labute approximate surface area is 192 Å². The van der Waals surface area contributed by atoms with Crippen molar-refractivity contribution in [2.75, 3.05) is 40.8 Å². The summed E-state index contributed by atoms with van der Waals surface area (Å²) < 4.78 is 5.28. The van der Waals surface area contributed by atoms with Gasteiger partial charge in [-0.15, -0.1) is 24.0 Å². The van der Waals surface area contributed by atoms with E-state index >= 15 is 0 Å². The van der Waals surface area contributed by atoms with Crippen molar-refractivity contribution in [3.8, 4) is 5.75 Å². The zero-order chi connectivity index (χ0) is 20.4. The van der Waals surface area contributed by atoms with Gasteiger partial charge < -0.3 is 20.3 Å². The molecule has 2 N–H and O–H groups in total. The van der Waals surface area contributed by atoms with Crippen molar-refractivity contribution in [2.24, 2.45) is 10.4 Å². The lowest BCUT2D eigenvalue weighted by Crippen LogP contribution is -2.43. The number of aryl methyl sites for hydroxylation is 1. The molecule has 0 spiro atoms. The van der Waals surface area contributed by atoms with Crippen LogP contribution in [-0.4, -0.2) is 57.6 Å². The lowest BCUT2D eigenvalue weighted by Gasteiger charge is -2.29. The standard InChI is InChI=1S/C22H36N4O2.HI/c1-5-23-21(24-15-9-11-18-10-8-12-19(16-18)28-4)25-17-22(13-6-7-14-22)20(27)26(2)3;/h8,10,12,16H,5-7,9,11,13-15,17H2,1-4H3,(H2,23,24,25);1H. The van der Waals surface area contributed by atoms with Crippen LogP contribution >= 0.6 is 24.0 Å². The summed E-state index contributed by atoms with van der Waals surface area (Å²) in [5, 5.41) is 6.71. The lowest BCUT2D eigenvalue weighted by molar-refractivity contribution is -0.138. The summed E-state index contributed by atoms with van der Waals surface area (Å²) in [6, 6.07) is 8.19. The number of benzene rings is 1. The first-order chi connectivity index (χ1) is 13.5. The van der Waals surface area contributed by atoms with E-state index in [4.69, 9.17) is 9.73 Å². The summed E-state index contributed by atoms with van der Waals surface area (Å²) in [6.07, 6.45) is 6.07. The van der Waals surface area contributed by atoms with Gasteiger partial charge in [-0.1, -0.05) is 25.0 Å². The number of nitrogens with one attached hydrogen (secondary N) is 2. The van der Waals surface area contributed by atoms with E-state index in [1.165, 1.54) is 5.56 Å². The molecule has 1 amide bonds. The van der Waals surface area contributed by atoms with Crippen molar-refractivity contribution in [3.63, 3.8) is 0 Å². The topological polar surface area (TPSA) is 66.0 Å². The molecule has 0 atom stereocenters. The normalized spacial score (nSPS) is 15.4. The third kappa shape index (κ3) is 7.68. The van der Waals surface area contributed by atoms with Crippen LogP contribution in [0.15, 0.2) is 29.3 Å². The number of carbonyl (C=O) groups excluding carboxylic acids is 1. The van der Waals surface area contributed by atoms with Crippen LogP contribution in [0.25, 0.3) is 0 Å². The molecule has 164 valence electrons. The fraction of sp³-hybridized carbons (Fsp3) is 0.636. The van der Waals surface area contributed by atoms with Gasteiger partial charge in [0.2, 0.25) is 5.91 Å². The Bertz CT molecular complexity index is 658. The SMILES string of the molecule is CCNC(=NCC1(C(=O)N(C)C)CCCC1)NCCCc1cccc(OC)c1.I. The van der Waals surface area contributed by atoms with Crippen molar-refractivity contribution in [1.29, 1.82) is 0 Å². The minimum absolute atomic E-state index is 0. The Kier molecular flexibility index (Phi) is 11.4. The summed E-state index contributed by atoms with van der Waals surface area (Å²) in [7, 11) is 5.38. The second-order valence-corrected chi connectivity index (χ2v) is 7.76. The average molecular weight is 516 g/mol. The molecule has 1 aromatic carbocycles. The van der Waals surface area contributed by atoms with Gasteiger partial charge in [0.15, 0.2) is 5.96 Å². The monoisotopic (exact) mass is 516 g/mol. The molecular weight excluding hydrogens is 479 g/mol. The quantitative estimate of drug-likeness (QED) is 0.229. The van der Waals surface area contributed by atoms with Crippen LogP contribution < -0.4 is 15.4 Å². The first kappa shape index (κ1) is 25.5. The summed E-state index contributed by atoms with van der Waals surface area (Å²) in [5.41, 5.74) is 0.941. The molecule has 0 unspecified atom stereocenters. The van der Waals surface area contributed by atoms with E-state index in [0.29, 0.717) is 6.54 Å². The van der Waals surface area contributed by atoms with Gasteiger partial charge in [-0.3, -0.25) is 9.79 Å². The van der Waals surface area contributed by atoms with E-state index in [1.54, 1.807) is 12.0 Å². The van der Waals surface area contributed by atoms with Crippen LogP contribution in [-0.2, 0) is 11.2 Å². The lowest BCUT2D eigenvalue weighted by atomic mass is 9.85. The third-order valence-corrected chi connectivity index (χ3v) is 5.37. The molecule has 29 heavy (non-hydrogen) atoms. The number of amides is 1. The number of methoxy groups -OCH3 is 1. The summed E-state index contributed by atoms with van der Waals surface area (Å²) in [6.45, 7) is 4.24. The van der Waals surface area contributed by atoms with Crippen LogP contribution in [0.5, 0.6) is 5.75 Å². The maximum Gasteiger partial charge on any atom is 0.230 e. The average Bonchev–Trinajstić information content (AvgIpc) is 3.18. The van der Waals surface area contributed by atoms with Crippen molar-refractivity contribution in [1.82, 2.24) is 15.5 Å². The molecule has 7 heteroatoms. The maximum atomic E-state index is 12.7. The van der Waals surface area contributed by atoms with Gasteiger partial charge in [0.25, 0.3) is 0 Å². The highest BCUT2D eigenvalue weighted by atomic mass is 127. The summed E-state index contributed by atoms with van der Waals surface area (Å²) in [5.74, 6) is 1.90. The third-order valence-electron chi connectivity index (χ3n) is 5.37. The smallest absolute Gasteiger partial charge is 0.230 e. The van der Waals surface area contributed by atoms with Crippen LogP contribution in [0.4, 0.5) is 0 Å². The first-order valence-corrected chi connectivity index (χ1v) is 10.4. The molecular formula is C22H37IN4O2. The molecule has 1 aliphatic rings. The number of rotatable bonds is 9. The van der Waals surface area contributed by atoms with Crippen LogP contribution in [0.2, 0.25) is 0 Å². The molecule has 0 bridgehead atoms. The minimum Gasteiger partial charge on any atom is -0.497 e. The molecule has 1 saturated carbocycles. The van der Waals surface area contributed by atoms with Gasteiger partial charge >= 0.3 is 0 Å². The second kappa shape index (κ2) is 12.9. The largest absolute Gasteiger partial charge is 0.497 e. The molecule has 2 rings (SSSR count). The van der Waals surface area contributed by atoms with Gasteiger partial charge in [0.1, 0.15) is 5.75 Å². The number of hydrogen-bond donors (Lipinski definition) is 2. The Morgan fingerprint density at radius 3 is 2.59 bits per heavy atom. The van der Waals surface area contributed by atoms with Crippen molar-refractivity contribution >= 4 is 35.8 Å². The molecule has 0 aromatic heterocycles. The molecule has 0 heterocycles. The molecule has 1 aliphatic carbocycles. The van der Waals surface area contributed by atoms with E-state index < -0.39 is 0 Å². The van der Waals surface area contributed by atoms with Gasteiger partial charge in [-0.2, -0.15) is 0 Å². The fourth-order valence-corrected chi connectivity index (χ4v) is 3.87. The Morgan fingerprint density at radius 1 is 1.24 bits per heavy atom. The highest BCUT2D eigenvalue weighted by molar-refractivity contribution is 14.0. The highest BCUT2D eigenvalue weighted by Crippen LogP contribution is 2.39. The Hall–Kier alpha value is -1.51. The molecule has 1 aromatic rings. The van der Waals surface area contributed by atoms with Gasteiger partial charge in [-0.05, 0) is 50.3 Å². The molecule has 0 radical (unpaired) electrons. The van der Waals surface area contributed by atoms with Crippen LogP contribution in [0, 0.1) is 5.41 Å². The van der Waals surface area contributed by atoms with E-state index in [9.17, 15) is 4.79 Å². The molecule has 1 fully saturated rings. The fourth-order valence-electron chi connectivity index (χ4n) is 3.87. The van der Waals surface area contributed by atoms with Crippen molar-refractivity contribution in [3.05, 3.63) is 29.8 Å². The number of carbonyl (C=O) groups is 1. The Balaban J connectivity index is 0.00000420. The minimum atomic E-state index is -0.327. The number of halogens is 1. The van der Waals surface area contributed by atoms with Crippen molar-refractivity contribution in [2.45, 2.75) is 45.4 Å². The maximum absolute atomic E-state index is 12.7. The van der Waals surface area contributed by atoms with E-state index in [0.717, 1.165) is 63.3 Å². The van der Waals surface area contributed by atoms with Crippen molar-refractivity contribution < 1.29 is 9.53 Å². The summed E-state index contributed by atoms with van der Waals surface area (Å²) in [4.78, 5) is 19.2. The van der Waals surface area contributed by atoms with E-state index in [1.807, 2.05) is 26.2 Å². The Morgan fingerprint density at radius 2 is 1.97 bits per heavy atom. The highest BCUT2D eigenvalue weighted by Gasteiger charge is 2.41. The van der Waals surface area contributed by atoms with E-state index in [2.05, 4.69) is 29.7 Å². The molecule has 6 nitrogen and oxygen atoms in total. The number of ether oxygens (including phenoxy) is 1. The zero-order valence-corrected chi connectivity index (χ0v) is 20.6. The second-order valence-electron chi connectivity index (χ2n) is 7.76. The number of guanidine groups is 1. The predicted octanol–water partition coefficient (Wildman–Crippen LogP) is 3.45. The van der Waals surface area contributed by atoms with E-state index in [-0.39, 0.29) is 35.3 Å². The molecule has 0 aliphatic heterocycles. The number of nitrogens with zero attached hydrogens (tertiary/aromatic N) is 2. The van der Waals surface area contributed by atoms with Crippen LogP contribution in [0.3, 0.4) is 0 Å². The zero-order valence-electron chi connectivity index (χ0n) is 18.3. The van der Waals surface area contributed by atoms with Gasteiger partial charge in [0.05, 0.1) is 19.1 Å². The number of aliphatic imine (C=N–C) groups is 1. The van der Waals surface area contributed by atoms with Gasteiger partial charge in [-0.25, -0.2) is 0 Å². The molecule has 0 saturated heterocycles. The van der Waals surface area contributed by atoms with Crippen LogP contribution in [0.1, 0.15) is 44.6 Å². The first-order valence-electron chi connectivity index (χ1n) is 10.4. The van der Waals surface area contributed by atoms with Gasteiger partial charge in [0, 0.05) is 27.2 Å².